The molecule has 2 atom stereocenters. The molecule has 0 fully saturated rings. The summed E-state index contributed by atoms with van der Waals surface area (Å²) in [7, 11) is 0. The highest BCUT2D eigenvalue weighted by atomic mass is 35.5. The van der Waals surface area contributed by atoms with Crippen molar-refractivity contribution < 1.29 is 0 Å². The molecule has 0 spiro atoms. The molecule has 1 aromatic heterocycles. The van der Waals surface area contributed by atoms with Crippen LogP contribution in [0.2, 0.25) is 0 Å². The number of fused-ring (bicyclic) bond motifs is 1. The summed E-state index contributed by atoms with van der Waals surface area (Å²) in [6, 6.07) is 8.76. The van der Waals surface area contributed by atoms with E-state index in [0.29, 0.717) is 5.92 Å². The van der Waals surface area contributed by atoms with Crippen molar-refractivity contribution in [1.29, 1.82) is 0 Å². The van der Waals surface area contributed by atoms with E-state index < -0.39 is 0 Å². The third-order valence-corrected chi connectivity index (χ3v) is 4.82. The zero-order valence-corrected chi connectivity index (χ0v) is 13.8. The Balaban J connectivity index is 1.90. The maximum absolute atomic E-state index is 6.40. The molecule has 112 valence electrons. The van der Waals surface area contributed by atoms with Gasteiger partial charge < -0.3 is 0 Å². The standard InChI is InChI=1S/C18H23ClN2/c1-4-16-18(12(3)19)17(5-2)21(20-16)11-14-10-13-8-6-7-9-15(13)14/h6-9,12,14H,4-5,10-11H2,1-3H3. The molecule has 2 unspecified atom stereocenters. The van der Waals surface area contributed by atoms with Gasteiger partial charge in [-0.1, -0.05) is 38.1 Å². The first-order chi connectivity index (χ1) is 10.2. The van der Waals surface area contributed by atoms with Gasteiger partial charge >= 0.3 is 0 Å². The second-order valence-electron chi connectivity index (χ2n) is 5.91. The van der Waals surface area contributed by atoms with Crippen molar-refractivity contribution in [2.75, 3.05) is 0 Å². The minimum atomic E-state index is 0.0392. The molecule has 21 heavy (non-hydrogen) atoms. The molecule has 1 aromatic carbocycles. The molecule has 3 rings (SSSR count). The quantitative estimate of drug-likeness (QED) is 0.735. The van der Waals surface area contributed by atoms with Gasteiger partial charge in [-0.15, -0.1) is 11.6 Å². The van der Waals surface area contributed by atoms with Crippen LogP contribution in [0.15, 0.2) is 24.3 Å². The minimum absolute atomic E-state index is 0.0392. The predicted octanol–water partition coefficient (Wildman–Crippen LogP) is 4.65. The molecule has 0 bridgehead atoms. The largest absolute Gasteiger partial charge is 0.268 e. The van der Waals surface area contributed by atoms with Gasteiger partial charge in [-0.2, -0.15) is 5.10 Å². The first-order valence-corrected chi connectivity index (χ1v) is 8.39. The van der Waals surface area contributed by atoms with Crippen molar-refractivity contribution in [1.82, 2.24) is 9.78 Å². The van der Waals surface area contributed by atoms with Crippen LogP contribution in [0.25, 0.3) is 0 Å². The lowest BCUT2D eigenvalue weighted by Crippen LogP contribution is -2.23. The average Bonchev–Trinajstić information content (AvgIpc) is 2.82. The predicted molar refractivity (Wildman–Crippen MR) is 88.1 cm³/mol. The van der Waals surface area contributed by atoms with Crippen molar-refractivity contribution in [3.8, 4) is 0 Å². The Morgan fingerprint density at radius 1 is 1.29 bits per heavy atom. The fourth-order valence-electron chi connectivity index (χ4n) is 3.54. The Bertz CT molecular complexity index is 643. The molecule has 0 aliphatic heterocycles. The molecule has 2 aromatic rings. The highest BCUT2D eigenvalue weighted by molar-refractivity contribution is 6.20. The van der Waals surface area contributed by atoms with E-state index in [1.807, 2.05) is 0 Å². The minimum Gasteiger partial charge on any atom is -0.268 e. The molecule has 1 aliphatic carbocycles. The number of hydrogen-bond donors (Lipinski definition) is 0. The van der Waals surface area contributed by atoms with Crippen molar-refractivity contribution in [3.63, 3.8) is 0 Å². The monoisotopic (exact) mass is 302 g/mol. The Morgan fingerprint density at radius 2 is 2.05 bits per heavy atom. The van der Waals surface area contributed by atoms with Crippen molar-refractivity contribution in [2.24, 2.45) is 0 Å². The lowest BCUT2D eigenvalue weighted by Gasteiger charge is -2.30. The van der Waals surface area contributed by atoms with E-state index in [1.165, 1.54) is 34.5 Å². The number of alkyl halides is 1. The summed E-state index contributed by atoms with van der Waals surface area (Å²) < 4.78 is 2.22. The van der Waals surface area contributed by atoms with E-state index >= 15 is 0 Å². The van der Waals surface area contributed by atoms with Crippen LogP contribution < -0.4 is 0 Å². The molecule has 0 amide bonds. The van der Waals surface area contributed by atoms with Gasteiger partial charge in [0.1, 0.15) is 0 Å². The van der Waals surface area contributed by atoms with E-state index in [2.05, 4.69) is 49.7 Å². The molecule has 1 aliphatic rings. The second-order valence-corrected chi connectivity index (χ2v) is 6.57. The molecule has 1 heterocycles. The molecule has 0 radical (unpaired) electrons. The van der Waals surface area contributed by atoms with Crippen LogP contribution in [-0.2, 0) is 25.8 Å². The summed E-state index contributed by atoms with van der Waals surface area (Å²) in [6.07, 6.45) is 3.12. The van der Waals surface area contributed by atoms with E-state index in [1.54, 1.807) is 0 Å². The number of rotatable bonds is 5. The number of hydrogen-bond acceptors (Lipinski definition) is 1. The van der Waals surface area contributed by atoms with Crippen LogP contribution >= 0.6 is 11.6 Å². The van der Waals surface area contributed by atoms with Gasteiger partial charge in [0, 0.05) is 23.7 Å². The Kier molecular flexibility index (Phi) is 4.08. The van der Waals surface area contributed by atoms with Crippen LogP contribution in [0.5, 0.6) is 0 Å². The summed E-state index contributed by atoms with van der Waals surface area (Å²) in [5.41, 5.74) is 6.73. The first kappa shape index (κ1) is 14.6. The third-order valence-electron chi connectivity index (χ3n) is 4.60. The summed E-state index contributed by atoms with van der Waals surface area (Å²) >= 11 is 6.40. The van der Waals surface area contributed by atoms with Crippen molar-refractivity contribution in [2.45, 2.75) is 57.9 Å². The fraction of sp³-hybridized carbons (Fsp3) is 0.500. The SMILES string of the molecule is CCc1nn(CC2Cc3ccccc32)c(CC)c1C(C)Cl. The number of halogens is 1. The van der Waals surface area contributed by atoms with E-state index in [-0.39, 0.29) is 5.38 Å². The van der Waals surface area contributed by atoms with Gasteiger partial charge in [-0.05, 0) is 37.3 Å². The van der Waals surface area contributed by atoms with E-state index in [9.17, 15) is 0 Å². The smallest absolute Gasteiger partial charge is 0.0671 e. The van der Waals surface area contributed by atoms with Gasteiger partial charge in [0.25, 0.3) is 0 Å². The highest BCUT2D eigenvalue weighted by Crippen LogP contribution is 2.37. The van der Waals surface area contributed by atoms with Crippen LogP contribution in [0.1, 0.15) is 60.1 Å². The lowest BCUT2D eigenvalue weighted by molar-refractivity contribution is 0.461. The Hall–Kier alpha value is -1.28. The Morgan fingerprint density at radius 3 is 2.67 bits per heavy atom. The summed E-state index contributed by atoms with van der Waals surface area (Å²) in [6.45, 7) is 7.40. The number of nitrogens with zero attached hydrogens (tertiary/aromatic N) is 2. The van der Waals surface area contributed by atoms with Crippen LogP contribution in [0, 0.1) is 0 Å². The lowest BCUT2D eigenvalue weighted by atomic mass is 9.77. The van der Waals surface area contributed by atoms with Gasteiger partial charge in [0.05, 0.1) is 11.1 Å². The number of aromatic nitrogens is 2. The third kappa shape index (κ3) is 2.50. The van der Waals surface area contributed by atoms with Crippen molar-refractivity contribution >= 4 is 11.6 Å². The summed E-state index contributed by atoms with van der Waals surface area (Å²) in [4.78, 5) is 0. The molecule has 0 saturated carbocycles. The summed E-state index contributed by atoms with van der Waals surface area (Å²) in [5.74, 6) is 0.606. The van der Waals surface area contributed by atoms with Gasteiger partial charge in [0.15, 0.2) is 0 Å². The van der Waals surface area contributed by atoms with E-state index in [0.717, 1.165) is 19.4 Å². The average molecular weight is 303 g/mol. The Labute approximate surface area is 132 Å². The maximum Gasteiger partial charge on any atom is 0.0671 e. The molecular weight excluding hydrogens is 280 g/mol. The second kappa shape index (κ2) is 5.84. The van der Waals surface area contributed by atoms with Crippen molar-refractivity contribution in [3.05, 3.63) is 52.3 Å². The number of benzene rings is 1. The zero-order valence-electron chi connectivity index (χ0n) is 13.1. The fourth-order valence-corrected chi connectivity index (χ4v) is 3.80. The normalized spacial score (nSPS) is 18.2. The topological polar surface area (TPSA) is 17.8 Å². The molecular formula is C18H23ClN2. The molecule has 2 nitrogen and oxygen atoms in total. The van der Waals surface area contributed by atoms with Gasteiger partial charge in [-0.3, -0.25) is 4.68 Å². The molecule has 0 saturated heterocycles. The highest BCUT2D eigenvalue weighted by Gasteiger charge is 2.28. The molecule has 0 N–H and O–H groups in total. The molecule has 3 heteroatoms. The van der Waals surface area contributed by atoms with E-state index in [4.69, 9.17) is 16.7 Å². The first-order valence-electron chi connectivity index (χ1n) is 7.96. The van der Waals surface area contributed by atoms with Gasteiger partial charge in [-0.25, -0.2) is 0 Å². The van der Waals surface area contributed by atoms with Crippen LogP contribution in [-0.4, -0.2) is 9.78 Å². The zero-order chi connectivity index (χ0) is 15.0. The van der Waals surface area contributed by atoms with Crippen LogP contribution in [0.4, 0.5) is 0 Å². The van der Waals surface area contributed by atoms with Crippen LogP contribution in [0.3, 0.4) is 0 Å². The summed E-state index contributed by atoms with van der Waals surface area (Å²) in [5, 5.41) is 4.89. The number of aryl methyl sites for hydroxylation is 1. The maximum atomic E-state index is 6.40. The van der Waals surface area contributed by atoms with Gasteiger partial charge in [0.2, 0.25) is 0 Å².